The second-order valence-electron chi connectivity index (χ2n) is 5.87. The van der Waals surface area contributed by atoms with E-state index in [1.54, 1.807) is 12.1 Å². The van der Waals surface area contributed by atoms with E-state index in [-0.39, 0.29) is 0 Å². The quantitative estimate of drug-likeness (QED) is 0.538. The average Bonchev–Trinajstić information content (AvgIpc) is 2.74. The second kappa shape index (κ2) is 7.22. The van der Waals surface area contributed by atoms with Crippen molar-refractivity contribution in [3.63, 3.8) is 0 Å². The molecule has 2 nitrogen and oxygen atoms in total. The van der Waals surface area contributed by atoms with Crippen LogP contribution in [0.15, 0.2) is 0 Å². The van der Waals surface area contributed by atoms with Gasteiger partial charge in [0.05, 0.1) is 0 Å². The Morgan fingerprint density at radius 3 is 1.61 bits per heavy atom. The maximum Gasteiger partial charge on any atom is 0.121 e. The fourth-order valence-electron chi connectivity index (χ4n) is 4.05. The summed E-state index contributed by atoms with van der Waals surface area (Å²) in [5.41, 5.74) is 0. The summed E-state index contributed by atoms with van der Waals surface area (Å²) in [6, 6.07) is 9.10. The molecule has 0 saturated carbocycles. The first-order valence-corrected chi connectivity index (χ1v) is 13.3. The van der Waals surface area contributed by atoms with Gasteiger partial charge in [-0.05, 0) is 49.4 Å². The predicted molar refractivity (Wildman–Crippen MR) is 88.3 cm³/mol. The van der Waals surface area contributed by atoms with Crippen LogP contribution in [0.25, 0.3) is 0 Å². The number of hydrogen-bond acceptors (Lipinski definition) is 2. The van der Waals surface area contributed by atoms with E-state index >= 15 is 0 Å². The van der Waals surface area contributed by atoms with Gasteiger partial charge in [-0.25, -0.2) is 0 Å². The molecule has 1 saturated heterocycles. The molecule has 0 radical (unpaired) electrons. The molecule has 1 fully saturated rings. The lowest BCUT2D eigenvalue weighted by molar-refractivity contribution is 0.560. The van der Waals surface area contributed by atoms with E-state index in [1.165, 1.54) is 37.3 Å². The molecule has 1 aliphatic heterocycles. The lowest BCUT2D eigenvalue weighted by atomic mass is 10.6. The third-order valence-electron chi connectivity index (χ3n) is 5.60. The summed E-state index contributed by atoms with van der Waals surface area (Å²) in [6.45, 7) is 15.7. The molecular weight excluding hydrogens is 252 g/mol. The van der Waals surface area contributed by atoms with Crippen molar-refractivity contribution < 1.29 is 0 Å². The van der Waals surface area contributed by atoms with Crippen LogP contribution in [0.2, 0.25) is 36.3 Å². The van der Waals surface area contributed by atoms with Crippen molar-refractivity contribution in [3.8, 4) is 0 Å². The summed E-state index contributed by atoms with van der Waals surface area (Å²) < 4.78 is 3.16. The van der Waals surface area contributed by atoms with E-state index < -0.39 is 16.5 Å². The van der Waals surface area contributed by atoms with Crippen molar-refractivity contribution in [1.29, 1.82) is 0 Å². The number of likely N-dealkylation sites (N-methyl/N-ethyl adjacent to an activating group) is 1. The topological polar surface area (TPSA) is 15.3 Å². The summed E-state index contributed by atoms with van der Waals surface area (Å²) in [5.74, 6) is 0. The van der Waals surface area contributed by atoms with E-state index in [4.69, 9.17) is 0 Å². The molecular formula is C14H34N2Si2. The fourth-order valence-corrected chi connectivity index (χ4v) is 20.0. The van der Waals surface area contributed by atoms with Gasteiger partial charge in [0.25, 0.3) is 0 Å². The number of nitrogens with zero attached hydrogens (tertiary/aromatic N) is 1. The number of hydrogen-bond donors (Lipinski definition) is 1. The van der Waals surface area contributed by atoms with Gasteiger partial charge in [0.1, 0.15) is 16.5 Å². The van der Waals surface area contributed by atoms with Gasteiger partial charge in [0, 0.05) is 6.54 Å². The van der Waals surface area contributed by atoms with E-state index in [1.807, 2.05) is 0 Å². The van der Waals surface area contributed by atoms with E-state index in [0.717, 1.165) is 6.54 Å². The predicted octanol–water partition coefficient (Wildman–Crippen LogP) is 3.88. The van der Waals surface area contributed by atoms with Crippen LogP contribution in [0.5, 0.6) is 0 Å². The highest BCUT2D eigenvalue weighted by atomic mass is 28.4. The Bertz CT molecular complexity index is 218. The lowest BCUT2D eigenvalue weighted by Gasteiger charge is -2.45. The van der Waals surface area contributed by atoms with E-state index in [2.05, 4.69) is 44.2 Å². The van der Waals surface area contributed by atoms with Crippen LogP contribution < -0.4 is 5.32 Å². The maximum absolute atomic E-state index is 3.55. The Morgan fingerprint density at radius 1 is 0.833 bits per heavy atom. The van der Waals surface area contributed by atoms with Crippen molar-refractivity contribution in [2.75, 3.05) is 19.6 Å². The van der Waals surface area contributed by atoms with Gasteiger partial charge in [-0.3, -0.25) is 0 Å². The van der Waals surface area contributed by atoms with Gasteiger partial charge >= 0.3 is 0 Å². The lowest BCUT2D eigenvalue weighted by Crippen LogP contribution is -2.61. The molecule has 4 heteroatoms. The zero-order valence-corrected chi connectivity index (χ0v) is 15.3. The summed E-state index contributed by atoms with van der Waals surface area (Å²) in [7, 11) is -2.16. The molecule has 0 bridgehead atoms. The molecule has 1 heterocycles. The van der Waals surface area contributed by atoms with Crippen LogP contribution in [-0.2, 0) is 0 Å². The second-order valence-corrected chi connectivity index (χ2v) is 16.1. The molecule has 1 rings (SSSR count). The number of nitrogens with one attached hydrogen (secondary N) is 1. The van der Waals surface area contributed by atoms with Crippen LogP contribution in [0.1, 0.15) is 34.6 Å². The highest BCUT2D eigenvalue weighted by Crippen LogP contribution is 2.44. The Balaban J connectivity index is 2.87. The van der Waals surface area contributed by atoms with Crippen molar-refractivity contribution in [3.05, 3.63) is 0 Å². The first-order valence-electron chi connectivity index (χ1n) is 8.13. The highest BCUT2D eigenvalue weighted by Gasteiger charge is 2.53. The molecule has 0 aromatic carbocycles. The minimum atomic E-state index is -1.08. The SMILES string of the molecule is CCNCCN1[Si](CC)(CC)CC[Si]1(CC)CC. The normalized spacial score (nSPS) is 22.5. The zero-order chi connectivity index (χ0) is 13.6. The first-order chi connectivity index (χ1) is 8.64. The van der Waals surface area contributed by atoms with Gasteiger partial charge in [-0.1, -0.05) is 34.6 Å². The molecule has 0 aliphatic carbocycles. The van der Waals surface area contributed by atoms with Gasteiger partial charge in [0.15, 0.2) is 0 Å². The van der Waals surface area contributed by atoms with Crippen molar-refractivity contribution in [1.82, 2.24) is 9.55 Å². The van der Waals surface area contributed by atoms with Crippen molar-refractivity contribution >= 4 is 16.5 Å². The highest BCUT2D eigenvalue weighted by molar-refractivity contribution is 6.97. The van der Waals surface area contributed by atoms with Gasteiger partial charge in [-0.2, -0.15) is 0 Å². The van der Waals surface area contributed by atoms with Crippen LogP contribution >= 0.6 is 0 Å². The summed E-state index contributed by atoms with van der Waals surface area (Å²) in [4.78, 5) is 0. The third kappa shape index (κ3) is 2.92. The van der Waals surface area contributed by atoms with Crippen molar-refractivity contribution in [2.45, 2.75) is 70.9 Å². The fraction of sp³-hybridized carbons (Fsp3) is 1.00. The van der Waals surface area contributed by atoms with Gasteiger partial charge in [0.2, 0.25) is 0 Å². The Kier molecular flexibility index (Phi) is 6.58. The standard InChI is InChI=1S/C14H34N2Si2/c1-6-15-11-12-16-17(7-2,8-3)13-14-18(16,9-4)10-5/h15H,6-14H2,1-5H3. The molecule has 0 spiro atoms. The van der Waals surface area contributed by atoms with Crippen LogP contribution in [0.4, 0.5) is 0 Å². The Hall–Kier alpha value is 0.354. The molecule has 0 amide bonds. The largest absolute Gasteiger partial charge is 0.344 e. The summed E-state index contributed by atoms with van der Waals surface area (Å²) >= 11 is 0. The molecule has 1 N–H and O–H groups in total. The van der Waals surface area contributed by atoms with Crippen LogP contribution in [0.3, 0.4) is 0 Å². The van der Waals surface area contributed by atoms with Gasteiger partial charge < -0.3 is 9.55 Å². The molecule has 0 atom stereocenters. The van der Waals surface area contributed by atoms with Crippen LogP contribution in [0, 0.1) is 0 Å². The first kappa shape index (κ1) is 16.4. The third-order valence-corrected chi connectivity index (χ3v) is 19.3. The molecule has 18 heavy (non-hydrogen) atoms. The van der Waals surface area contributed by atoms with E-state index in [0.29, 0.717) is 0 Å². The Morgan fingerprint density at radius 2 is 1.28 bits per heavy atom. The molecule has 0 aromatic rings. The van der Waals surface area contributed by atoms with Crippen molar-refractivity contribution in [2.24, 2.45) is 0 Å². The molecule has 108 valence electrons. The molecule has 1 aliphatic rings. The maximum atomic E-state index is 3.55. The minimum absolute atomic E-state index is 1.08. The van der Waals surface area contributed by atoms with Crippen LogP contribution in [-0.4, -0.2) is 40.3 Å². The Labute approximate surface area is 117 Å². The van der Waals surface area contributed by atoms with Gasteiger partial charge in [-0.15, -0.1) is 0 Å². The molecule has 0 aromatic heterocycles. The minimum Gasteiger partial charge on any atom is -0.344 e. The summed E-state index contributed by atoms with van der Waals surface area (Å²) in [5, 5.41) is 3.55. The average molecular weight is 287 g/mol. The summed E-state index contributed by atoms with van der Waals surface area (Å²) in [6.07, 6.45) is 0. The number of rotatable bonds is 8. The smallest absolute Gasteiger partial charge is 0.121 e. The zero-order valence-electron chi connectivity index (χ0n) is 13.3. The molecule has 0 unspecified atom stereocenters. The monoisotopic (exact) mass is 286 g/mol. The van der Waals surface area contributed by atoms with E-state index in [9.17, 15) is 0 Å².